The predicted octanol–water partition coefficient (Wildman–Crippen LogP) is 3.15. The molecule has 1 aliphatic rings. The van der Waals surface area contributed by atoms with Crippen LogP contribution in [0.3, 0.4) is 0 Å². The average Bonchev–Trinajstić information content (AvgIpc) is 3.15. The Balaban J connectivity index is 1.54. The zero-order valence-corrected chi connectivity index (χ0v) is 14.8. The molecular formula is C21H26N2O2. The highest BCUT2D eigenvalue weighted by Gasteiger charge is 2.13. The smallest absolute Gasteiger partial charge is 0.224 e. The number of carbonyl (C=O) groups excluding carboxylic acids is 1. The normalized spacial score (nSPS) is 14.4. The second kappa shape index (κ2) is 8.67. The van der Waals surface area contributed by atoms with Crippen LogP contribution in [0, 0.1) is 0 Å². The molecule has 1 heterocycles. The molecule has 132 valence electrons. The van der Waals surface area contributed by atoms with Gasteiger partial charge in [-0.15, -0.1) is 0 Å². The van der Waals surface area contributed by atoms with Crippen molar-refractivity contribution in [2.75, 3.05) is 20.2 Å². The second-order valence-electron chi connectivity index (χ2n) is 6.55. The van der Waals surface area contributed by atoms with Gasteiger partial charge < -0.3 is 10.1 Å². The van der Waals surface area contributed by atoms with Crippen molar-refractivity contribution in [3.05, 3.63) is 65.2 Å². The van der Waals surface area contributed by atoms with Crippen molar-refractivity contribution in [1.29, 1.82) is 0 Å². The van der Waals surface area contributed by atoms with Gasteiger partial charge in [0.25, 0.3) is 0 Å². The maximum Gasteiger partial charge on any atom is 0.224 e. The molecule has 0 aromatic heterocycles. The molecule has 3 rings (SSSR count). The van der Waals surface area contributed by atoms with Crippen LogP contribution >= 0.6 is 0 Å². The number of ether oxygens (including phenoxy) is 1. The van der Waals surface area contributed by atoms with E-state index < -0.39 is 0 Å². The number of rotatable bonds is 7. The Bertz CT molecular complexity index is 691. The Morgan fingerprint density at radius 2 is 1.72 bits per heavy atom. The fourth-order valence-corrected chi connectivity index (χ4v) is 3.25. The summed E-state index contributed by atoms with van der Waals surface area (Å²) in [6.07, 6.45) is 2.97. The van der Waals surface area contributed by atoms with Gasteiger partial charge in [0, 0.05) is 13.1 Å². The number of carbonyl (C=O) groups is 1. The summed E-state index contributed by atoms with van der Waals surface area (Å²) >= 11 is 0. The van der Waals surface area contributed by atoms with Gasteiger partial charge in [0.1, 0.15) is 5.75 Å². The fourth-order valence-electron chi connectivity index (χ4n) is 3.25. The zero-order valence-electron chi connectivity index (χ0n) is 14.8. The third-order valence-corrected chi connectivity index (χ3v) is 4.71. The quantitative estimate of drug-likeness (QED) is 0.843. The molecule has 0 aliphatic carbocycles. The number of nitrogens with zero attached hydrogens (tertiary/aromatic N) is 1. The molecule has 0 spiro atoms. The Hall–Kier alpha value is -2.33. The predicted molar refractivity (Wildman–Crippen MR) is 99.5 cm³/mol. The van der Waals surface area contributed by atoms with Crippen LogP contribution in [0.25, 0.3) is 0 Å². The van der Waals surface area contributed by atoms with Crippen molar-refractivity contribution in [3.63, 3.8) is 0 Å². The summed E-state index contributed by atoms with van der Waals surface area (Å²) in [6, 6.07) is 16.0. The Labute approximate surface area is 149 Å². The molecule has 2 aromatic carbocycles. The number of likely N-dealkylation sites (tertiary alicyclic amines) is 1. The lowest BCUT2D eigenvalue weighted by Gasteiger charge is -2.17. The molecule has 2 aromatic rings. The highest BCUT2D eigenvalue weighted by atomic mass is 16.5. The standard InChI is InChI=1S/C21H26N2O2/c1-25-20-10-8-17(9-11-20)14-21(24)22-15-18-6-2-3-7-19(18)16-23-12-4-5-13-23/h2-3,6-11H,4-5,12-16H2,1H3,(H,22,24). The second-order valence-corrected chi connectivity index (χ2v) is 6.55. The monoisotopic (exact) mass is 338 g/mol. The Morgan fingerprint density at radius 3 is 2.40 bits per heavy atom. The molecule has 0 atom stereocenters. The van der Waals surface area contributed by atoms with Gasteiger partial charge >= 0.3 is 0 Å². The summed E-state index contributed by atoms with van der Waals surface area (Å²) in [7, 11) is 1.64. The van der Waals surface area contributed by atoms with Crippen molar-refractivity contribution >= 4 is 5.91 Å². The van der Waals surface area contributed by atoms with E-state index in [1.165, 1.54) is 37.1 Å². The Morgan fingerprint density at radius 1 is 1.04 bits per heavy atom. The average molecular weight is 338 g/mol. The van der Waals surface area contributed by atoms with Crippen LogP contribution in [-0.4, -0.2) is 31.0 Å². The lowest BCUT2D eigenvalue weighted by atomic mass is 10.1. The summed E-state index contributed by atoms with van der Waals surface area (Å²) in [5.41, 5.74) is 3.51. The van der Waals surface area contributed by atoms with Gasteiger partial charge in [-0.1, -0.05) is 36.4 Å². The van der Waals surface area contributed by atoms with E-state index in [0.717, 1.165) is 17.9 Å². The number of nitrogens with one attached hydrogen (secondary N) is 1. The first-order chi connectivity index (χ1) is 12.2. The van der Waals surface area contributed by atoms with Gasteiger partial charge in [-0.2, -0.15) is 0 Å². The third-order valence-electron chi connectivity index (χ3n) is 4.71. The minimum Gasteiger partial charge on any atom is -0.497 e. The van der Waals surface area contributed by atoms with Crippen molar-refractivity contribution in [2.45, 2.75) is 32.4 Å². The van der Waals surface area contributed by atoms with Crippen LogP contribution in [0.5, 0.6) is 5.75 Å². The first-order valence-electron chi connectivity index (χ1n) is 8.93. The summed E-state index contributed by atoms with van der Waals surface area (Å²) in [5, 5.41) is 3.05. The van der Waals surface area contributed by atoms with Gasteiger partial charge in [0.2, 0.25) is 5.91 Å². The highest BCUT2D eigenvalue weighted by molar-refractivity contribution is 5.78. The number of benzene rings is 2. The van der Waals surface area contributed by atoms with Crippen molar-refractivity contribution < 1.29 is 9.53 Å². The van der Waals surface area contributed by atoms with E-state index in [4.69, 9.17) is 4.74 Å². The molecule has 4 nitrogen and oxygen atoms in total. The largest absolute Gasteiger partial charge is 0.497 e. The molecule has 0 saturated carbocycles. The van der Waals surface area contributed by atoms with Crippen molar-refractivity contribution in [2.24, 2.45) is 0 Å². The van der Waals surface area contributed by atoms with Gasteiger partial charge in [0.15, 0.2) is 0 Å². The van der Waals surface area contributed by atoms with E-state index in [1.807, 2.05) is 30.3 Å². The minimum absolute atomic E-state index is 0.0427. The topological polar surface area (TPSA) is 41.6 Å². The fraction of sp³-hybridized carbons (Fsp3) is 0.381. The number of methoxy groups -OCH3 is 1. The maximum atomic E-state index is 12.2. The molecule has 1 N–H and O–H groups in total. The van der Waals surface area contributed by atoms with E-state index in [1.54, 1.807) is 7.11 Å². The molecule has 1 saturated heterocycles. The molecular weight excluding hydrogens is 312 g/mol. The molecule has 4 heteroatoms. The molecule has 0 bridgehead atoms. The van der Waals surface area contributed by atoms with E-state index in [0.29, 0.717) is 13.0 Å². The SMILES string of the molecule is COc1ccc(CC(=O)NCc2ccccc2CN2CCCC2)cc1. The number of hydrogen-bond donors (Lipinski definition) is 1. The minimum atomic E-state index is 0.0427. The zero-order chi connectivity index (χ0) is 17.5. The maximum absolute atomic E-state index is 12.2. The molecule has 25 heavy (non-hydrogen) atoms. The van der Waals surface area contributed by atoms with Gasteiger partial charge in [-0.25, -0.2) is 0 Å². The summed E-state index contributed by atoms with van der Waals surface area (Å²) in [6.45, 7) is 3.92. The number of hydrogen-bond acceptors (Lipinski definition) is 3. The summed E-state index contributed by atoms with van der Waals surface area (Å²) in [4.78, 5) is 14.7. The van der Waals surface area contributed by atoms with Crippen LogP contribution < -0.4 is 10.1 Å². The summed E-state index contributed by atoms with van der Waals surface area (Å²) in [5.74, 6) is 0.848. The van der Waals surface area contributed by atoms with Crippen LogP contribution in [-0.2, 0) is 24.3 Å². The van der Waals surface area contributed by atoms with E-state index >= 15 is 0 Å². The van der Waals surface area contributed by atoms with Crippen LogP contribution in [0.2, 0.25) is 0 Å². The molecule has 1 fully saturated rings. The van der Waals surface area contributed by atoms with E-state index in [9.17, 15) is 4.79 Å². The Kier molecular flexibility index (Phi) is 6.07. The first kappa shape index (κ1) is 17.5. The molecule has 0 radical (unpaired) electrons. The third kappa shape index (κ3) is 5.07. The first-order valence-corrected chi connectivity index (χ1v) is 8.93. The highest BCUT2D eigenvalue weighted by Crippen LogP contribution is 2.16. The van der Waals surface area contributed by atoms with Crippen molar-refractivity contribution in [3.8, 4) is 5.75 Å². The molecule has 1 amide bonds. The lowest BCUT2D eigenvalue weighted by molar-refractivity contribution is -0.120. The van der Waals surface area contributed by atoms with Crippen LogP contribution in [0.1, 0.15) is 29.5 Å². The van der Waals surface area contributed by atoms with Crippen LogP contribution in [0.4, 0.5) is 0 Å². The molecule has 1 aliphatic heterocycles. The van der Waals surface area contributed by atoms with Gasteiger partial charge in [-0.05, 0) is 54.8 Å². The van der Waals surface area contributed by atoms with Gasteiger partial charge in [0.05, 0.1) is 13.5 Å². The van der Waals surface area contributed by atoms with Crippen LogP contribution in [0.15, 0.2) is 48.5 Å². The van der Waals surface area contributed by atoms with E-state index in [2.05, 4.69) is 28.4 Å². The summed E-state index contributed by atoms with van der Waals surface area (Å²) < 4.78 is 5.14. The number of amides is 1. The van der Waals surface area contributed by atoms with Crippen molar-refractivity contribution in [1.82, 2.24) is 10.2 Å². The molecule has 0 unspecified atom stereocenters. The van der Waals surface area contributed by atoms with E-state index in [-0.39, 0.29) is 5.91 Å². The van der Waals surface area contributed by atoms with Gasteiger partial charge in [-0.3, -0.25) is 9.69 Å². The lowest BCUT2D eigenvalue weighted by Crippen LogP contribution is -2.26.